The molecule has 5 nitrogen and oxygen atoms in total. The predicted octanol–water partition coefficient (Wildman–Crippen LogP) is 1.45. The van der Waals surface area contributed by atoms with Crippen LogP contribution in [0.5, 0.6) is 5.75 Å². The molecule has 1 rings (SSSR count). The summed E-state index contributed by atoms with van der Waals surface area (Å²) < 4.78 is 5.51. The molecule has 2 N–H and O–H groups in total. The van der Waals surface area contributed by atoms with Crippen molar-refractivity contribution in [3.8, 4) is 5.75 Å². The van der Waals surface area contributed by atoms with Crippen LogP contribution in [-0.2, 0) is 4.79 Å². The summed E-state index contributed by atoms with van der Waals surface area (Å²) in [7, 11) is 3.99. The van der Waals surface area contributed by atoms with Crippen molar-refractivity contribution in [2.24, 2.45) is 0 Å². The van der Waals surface area contributed by atoms with Gasteiger partial charge in [-0.3, -0.25) is 4.79 Å². The average Bonchev–Trinajstić information content (AvgIpc) is 2.37. The number of benzene rings is 1. The molecule has 1 aromatic carbocycles. The van der Waals surface area contributed by atoms with E-state index in [1.807, 2.05) is 45.0 Å². The number of rotatable bonds is 7. The number of nitrogens with zero attached hydrogens (tertiary/aromatic N) is 2. The Morgan fingerprint density at radius 2 is 2.00 bits per heavy atom. The van der Waals surface area contributed by atoms with Crippen molar-refractivity contribution in [1.29, 1.82) is 0 Å². The molecule has 0 bridgehead atoms. The summed E-state index contributed by atoms with van der Waals surface area (Å²) in [6.07, 6.45) is 0. The maximum absolute atomic E-state index is 12.2. The maximum atomic E-state index is 12.2. The highest BCUT2D eigenvalue weighted by molar-refractivity contribution is 5.78. The zero-order chi connectivity index (χ0) is 15.1. The Morgan fingerprint density at radius 3 is 2.55 bits per heavy atom. The first kappa shape index (κ1) is 16.3. The summed E-state index contributed by atoms with van der Waals surface area (Å²) >= 11 is 0. The molecule has 0 fully saturated rings. The molecule has 5 heteroatoms. The summed E-state index contributed by atoms with van der Waals surface area (Å²) in [5.41, 5.74) is 6.33. The largest absolute Gasteiger partial charge is 0.482 e. The molecule has 1 amide bonds. The Morgan fingerprint density at radius 1 is 1.35 bits per heavy atom. The number of nitrogen functional groups attached to an aromatic ring is 1. The van der Waals surface area contributed by atoms with E-state index >= 15 is 0 Å². The first-order chi connectivity index (χ1) is 9.45. The number of ether oxygens (including phenoxy) is 1. The molecule has 20 heavy (non-hydrogen) atoms. The Labute approximate surface area is 121 Å². The van der Waals surface area contributed by atoms with Crippen LogP contribution < -0.4 is 10.5 Å². The van der Waals surface area contributed by atoms with E-state index in [1.165, 1.54) is 0 Å². The second-order valence-corrected chi connectivity index (χ2v) is 5.12. The number of likely N-dealkylation sites (N-methyl/N-ethyl adjacent to an activating group) is 2. The quantitative estimate of drug-likeness (QED) is 0.767. The third-order valence-corrected chi connectivity index (χ3v) is 3.09. The topological polar surface area (TPSA) is 58.8 Å². The normalized spacial score (nSPS) is 12.2. The average molecular weight is 279 g/mol. The first-order valence-electron chi connectivity index (χ1n) is 6.87. The lowest BCUT2D eigenvalue weighted by Gasteiger charge is -2.30. The Kier molecular flexibility index (Phi) is 6.31. The molecule has 0 saturated heterocycles. The third-order valence-electron chi connectivity index (χ3n) is 3.09. The molecule has 0 radical (unpaired) electrons. The van der Waals surface area contributed by atoms with Crippen LogP contribution >= 0.6 is 0 Å². The first-order valence-corrected chi connectivity index (χ1v) is 6.87. The fraction of sp³-hybridized carbons (Fsp3) is 0.533. The number of amides is 1. The monoisotopic (exact) mass is 279 g/mol. The van der Waals surface area contributed by atoms with Crippen molar-refractivity contribution in [3.63, 3.8) is 0 Å². The Hall–Kier alpha value is -1.75. The van der Waals surface area contributed by atoms with Crippen LogP contribution in [0, 0.1) is 0 Å². The maximum Gasteiger partial charge on any atom is 0.260 e. The van der Waals surface area contributed by atoms with E-state index in [1.54, 1.807) is 12.1 Å². The molecule has 0 aliphatic carbocycles. The molecule has 1 unspecified atom stereocenters. The van der Waals surface area contributed by atoms with Crippen LogP contribution in [0.2, 0.25) is 0 Å². The van der Waals surface area contributed by atoms with Crippen LogP contribution in [0.1, 0.15) is 13.8 Å². The fourth-order valence-electron chi connectivity index (χ4n) is 2.20. The highest BCUT2D eigenvalue weighted by Crippen LogP contribution is 2.19. The summed E-state index contributed by atoms with van der Waals surface area (Å²) in [6, 6.07) is 7.34. The number of para-hydroxylation sites is 2. The molecular formula is C15H25N3O2. The zero-order valence-corrected chi connectivity index (χ0v) is 12.8. The van der Waals surface area contributed by atoms with Gasteiger partial charge in [0, 0.05) is 19.1 Å². The van der Waals surface area contributed by atoms with E-state index < -0.39 is 0 Å². The number of carbonyl (C=O) groups excluding carboxylic acids is 1. The second-order valence-electron chi connectivity index (χ2n) is 5.12. The van der Waals surface area contributed by atoms with E-state index in [-0.39, 0.29) is 18.6 Å². The van der Waals surface area contributed by atoms with Crippen LogP contribution in [0.4, 0.5) is 5.69 Å². The predicted molar refractivity (Wildman–Crippen MR) is 81.8 cm³/mol. The van der Waals surface area contributed by atoms with Gasteiger partial charge in [-0.1, -0.05) is 12.1 Å². The van der Waals surface area contributed by atoms with Crippen LogP contribution in [0.3, 0.4) is 0 Å². The lowest BCUT2D eigenvalue weighted by molar-refractivity contribution is -0.135. The van der Waals surface area contributed by atoms with E-state index in [2.05, 4.69) is 4.90 Å². The van der Waals surface area contributed by atoms with Gasteiger partial charge in [0.1, 0.15) is 5.75 Å². The van der Waals surface area contributed by atoms with Crippen molar-refractivity contribution in [1.82, 2.24) is 9.80 Å². The van der Waals surface area contributed by atoms with Crippen LogP contribution in [0.15, 0.2) is 24.3 Å². The molecule has 0 aliphatic rings. The van der Waals surface area contributed by atoms with Gasteiger partial charge in [0.2, 0.25) is 0 Å². The van der Waals surface area contributed by atoms with Gasteiger partial charge >= 0.3 is 0 Å². The molecule has 0 saturated carbocycles. The van der Waals surface area contributed by atoms with Crippen LogP contribution in [0.25, 0.3) is 0 Å². The number of anilines is 1. The minimum atomic E-state index is -0.0231. The van der Waals surface area contributed by atoms with Gasteiger partial charge < -0.3 is 20.3 Å². The molecule has 0 heterocycles. The van der Waals surface area contributed by atoms with Gasteiger partial charge in [0.25, 0.3) is 5.91 Å². The van der Waals surface area contributed by atoms with Gasteiger partial charge in [-0.25, -0.2) is 0 Å². The standard InChI is InChI=1S/C15H25N3O2/c1-5-18(12(2)10-17(3)4)15(19)11-20-14-9-7-6-8-13(14)16/h6-9,12H,5,10-11,16H2,1-4H3. The minimum absolute atomic E-state index is 0.0137. The molecule has 1 aromatic rings. The summed E-state index contributed by atoms with van der Waals surface area (Å²) in [5.74, 6) is 0.530. The number of hydrogen-bond donors (Lipinski definition) is 1. The lowest BCUT2D eigenvalue weighted by Crippen LogP contribution is -2.45. The van der Waals surface area contributed by atoms with E-state index in [0.717, 1.165) is 6.54 Å². The van der Waals surface area contributed by atoms with E-state index in [0.29, 0.717) is 18.0 Å². The Bertz CT molecular complexity index is 435. The summed E-state index contributed by atoms with van der Waals surface area (Å²) in [4.78, 5) is 16.1. The molecule has 112 valence electrons. The smallest absolute Gasteiger partial charge is 0.260 e. The van der Waals surface area contributed by atoms with Crippen molar-refractivity contribution in [3.05, 3.63) is 24.3 Å². The van der Waals surface area contributed by atoms with E-state index in [4.69, 9.17) is 10.5 Å². The number of hydrogen-bond acceptors (Lipinski definition) is 4. The Balaban J connectivity index is 2.58. The van der Waals surface area contributed by atoms with Gasteiger partial charge in [-0.15, -0.1) is 0 Å². The molecule has 0 aliphatic heterocycles. The zero-order valence-electron chi connectivity index (χ0n) is 12.8. The lowest BCUT2D eigenvalue weighted by atomic mass is 10.2. The van der Waals surface area contributed by atoms with Crippen molar-refractivity contribution in [2.75, 3.05) is 39.5 Å². The minimum Gasteiger partial charge on any atom is -0.482 e. The summed E-state index contributed by atoms with van der Waals surface area (Å²) in [6.45, 7) is 5.52. The van der Waals surface area contributed by atoms with Crippen molar-refractivity contribution >= 4 is 11.6 Å². The highest BCUT2D eigenvalue weighted by atomic mass is 16.5. The molecular weight excluding hydrogens is 254 g/mol. The van der Waals surface area contributed by atoms with Crippen molar-refractivity contribution < 1.29 is 9.53 Å². The van der Waals surface area contributed by atoms with Gasteiger partial charge in [-0.2, -0.15) is 0 Å². The van der Waals surface area contributed by atoms with Gasteiger partial charge in [-0.05, 0) is 40.1 Å². The second kappa shape index (κ2) is 7.75. The highest BCUT2D eigenvalue weighted by Gasteiger charge is 2.19. The molecule has 1 atom stereocenters. The van der Waals surface area contributed by atoms with Gasteiger partial charge in [0.15, 0.2) is 6.61 Å². The fourth-order valence-corrected chi connectivity index (χ4v) is 2.20. The van der Waals surface area contributed by atoms with Crippen LogP contribution in [-0.4, -0.2) is 55.5 Å². The van der Waals surface area contributed by atoms with Gasteiger partial charge in [0.05, 0.1) is 5.69 Å². The SMILES string of the molecule is CCN(C(=O)COc1ccccc1N)C(C)CN(C)C. The third kappa shape index (κ3) is 4.74. The molecule has 0 spiro atoms. The van der Waals surface area contributed by atoms with Crippen molar-refractivity contribution in [2.45, 2.75) is 19.9 Å². The number of carbonyl (C=O) groups is 1. The van der Waals surface area contributed by atoms with E-state index in [9.17, 15) is 4.79 Å². The number of nitrogens with two attached hydrogens (primary N) is 1. The summed E-state index contributed by atoms with van der Waals surface area (Å²) in [5, 5.41) is 0. The molecule has 0 aromatic heterocycles.